The molecule has 26 heavy (non-hydrogen) atoms. The van der Waals surface area contributed by atoms with Crippen LogP contribution in [0.3, 0.4) is 0 Å². The van der Waals surface area contributed by atoms with Gasteiger partial charge in [0.15, 0.2) is 5.69 Å². The Hall–Kier alpha value is -2.29. The smallest absolute Gasteiger partial charge is 0.333 e. The standard InChI is InChI=1S/C17H22F2N6O/c1-11-15(21-10-20-11)9-23-6-12-2-3-13(8-23)24(7-12)16(26)14-4-5-25(22-14)17(18)19/h4-5,10,12-13,17H,2-3,6-9H2,1H3,(H,20,21)/t12-,13+/m0/s1. The van der Waals surface area contributed by atoms with Crippen molar-refractivity contribution >= 4 is 5.91 Å². The highest BCUT2D eigenvalue weighted by Gasteiger charge is 2.38. The number of imidazole rings is 1. The average molecular weight is 364 g/mol. The summed E-state index contributed by atoms with van der Waals surface area (Å²) in [6.07, 6.45) is 4.87. The first kappa shape index (κ1) is 17.1. The lowest BCUT2D eigenvalue weighted by atomic mass is 9.95. The lowest BCUT2D eigenvalue weighted by Crippen LogP contribution is -2.47. The summed E-state index contributed by atoms with van der Waals surface area (Å²) in [5.41, 5.74) is 2.18. The van der Waals surface area contributed by atoms with Gasteiger partial charge in [-0.2, -0.15) is 13.9 Å². The summed E-state index contributed by atoms with van der Waals surface area (Å²) in [6.45, 7) is 2.36. The van der Waals surface area contributed by atoms with Crippen LogP contribution in [0.15, 0.2) is 18.6 Å². The van der Waals surface area contributed by atoms with Gasteiger partial charge in [-0.25, -0.2) is 9.67 Å². The number of H-pyrrole nitrogens is 1. The van der Waals surface area contributed by atoms with Gasteiger partial charge in [-0.15, -0.1) is 0 Å². The lowest BCUT2D eigenvalue weighted by Gasteiger charge is -2.35. The van der Waals surface area contributed by atoms with Crippen molar-refractivity contribution in [2.45, 2.75) is 38.9 Å². The predicted molar refractivity (Wildman–Crippen MR) is 89.6 cm³/mol. The van der Waals surface area contributed by atoms with E-state index in [2.05, 4.69) is 20.0 Å². The van der Waals surface area contributed by atoms with E-state index in [0.717, 1.165) is 50.1 Å². The van der Waals surface area contributed by atoms with Crippen molar-refractivity contribution in [2.24, 2.45) is 5.92 Å². The highest BCUT2D eigenvalue weighted by Crippen LogP contribution is 2.30. The summed E-state index contributed by atoms with van der Waals surface area (Å²) in [5.74, 6) is 0.131. The number of carbonyl (C=O) groups is 1. The van der Waals surface area contributed by atoms with Gasteiger partial charge in [-0.3, -0.25) is 9.69 Å². The van der Waals surface area contributed by atoms with Crippen molar-refractivity contribution in [2.75, 3.05) is 19.6 Å². The van der Waals surface area contributed by atoms with Crippen molar-refractivity contribution in [1.82, 2.24) is 29.5 Å². The van der Waals surface area contributed by atoms with Crippen molar-refractivity contribution in [3.8, 4) is 0 Å². The molecule has 0 spiro atoms. The molecule has 0 aromatic carbocycles. The van der Waals surface area contributed by atoms with Gasteiger partial charge in [0, 0.05) is 44.1 Å². The first-order valence-corrected chi connectivity index (χ1v) is 8.86. The Labute approximate surface area is 150 Å². The largest absolute Gasteiger partial charge is 0.348 e. The molecule has 0 saturated carbocycles. The Morgan fingerprint density at radius 2 is 2.19 bits per heavy atom. The maximum absolute atomic E-state index is 12.8. The summed E-state index contributed by atoms with van der Waals surface area (Å²) < 4.78 is 26.0. The molecule has 9 heteroatoms. The minimum Gasteiger partial charge on any atom is -0.348 e. The molecule has 1 N–H and O–H groups in total. The molecule has 2 aromatic heterocycles. The molecule has 3 fully saturated rings. The van der Waals surface area contributed by atoms with E-state index in [-0.39, 0.29) is 17.6 Å². The number of aromatic amines is 1. The quantitative estimate of drug-likeness (QED) is 0.901. The molecule has 0 radical (unpaired) electrons. The number of halogens is 2. The van der Waals surface area contributed by atoms with Crippen LogP contribution in [0.25, 0.3) is 0 Å². The summed E-state index contributed by atoms with van der Waals surface area (Å²) >= 11 is 0. The number of nitrogens with zero attached hydrogens (tertiary/aromatic N) is 5. The zero-order valence-electron chi connectivity index (χ0n) is 14.6. The van der Waals surface area contributed by atoms with Crippen LogP contribution in [0.5, 0.6) is 0 Å². The summed E-state index contributed by atoms with van der Waals surface area (Å²) in [6, 6.07) is 1.45. The SMILES string of the molecule is Cc1[nH]cnc1CN1C[C@@H]2CC[C@H](C1)N(C(=O)c1ccn(C(F)F)n1)C2. The molecular weight excluding hydrogens is 342 g/mol. The van der Waals surface area contributed by atoms with Gasteiger partial charge in [0.25, 0.3) is 5.91 Å². The van der Waals surface area contributed by atoms with E-state index in [4.69, 9.17) is 0 Å². The molecule has 3 aliphatic heterocycles. The number of carbonyl (C=O) groups excluding carboxylic acids is 1. The second-order valence-corrected chi connectivity index (χ2v) is 7.18. The molecule has 5 rings (SSSR count). The van der Waals surface area contributed by atoms with Gasteiger partial charge in [0.1, 0.15) is 0 Å². The Morgan fingerprint density at radius 3 is 2.88 bits per heavy atom. The summed E-state index contributed by atoms with van der Waals surface area (Å²) in [5, 5.41) is 3.74. The van der Waals surface area contributed by atoms with Gasteiger partial charge in [0.05, 0.1) is 12.0 Å². The Morgan fingerprint density at radius 1 is 1.35 bits per heavy atom. The van der Waals surface area contributed by atoms with Gasteiger partial charge >= 0.3 is 6.55 Å². The van der Waals surface area contributed by atoms with Crippen LogP contribution in [0.4, 0.5) is 8.78 Å². The zero-order chi connectivity index (χ0) is 18.3. The number of aryl methyl sites for hydroxylation is 1. The topological polar surface area (TPSA) is 70.1 Å². The molecule has 140 valence electrons. The highest BCUT2D eigenvalue weighted by molar-refractivity contribution is 5.92. The molecule has 3 saturated heterocycles. The van der Waals surface area contributed by atoms with Crippen LogP contribution in [0, 0.1) is 12.8 Å². The molecule has 1 amide bonds. The van der Waals surface area contributed by atoms with Crippen LogP contribution in [-0.4, -0.2) is 61.1 Å². The third kappa shape index (κ3) is 3.23. The van der Waals surface area contributed by atoms with Gasteiger partial charge in [0.2, 0.25) is 0 Å². The fraction of sp³-hybridized carbons (Fsp3) is 0.588. The number of hydrogen-bond acceptors (Lipinski definition) is 4. The second-order valence-electron chi connectivity index (χ2n) is 7.18. The zero-order valence-corrected chi connectivity index (χ0v) is 14.6. The first-order valence-electron chi connectivity index (χ1n) is 8.86. The van der Waals surface area contributed by atoms with Gasteiger partial charge in [-0.05, 0) is 31.7 Å². The minimum atomic E-state index is -2.73. The predicted octanol–water partition coefficient (Wildman–Crippen LogP) is 2.05. The Bertz CT molecular complexity index is 788. The van der Waals surface area contributed by atoms with Crippen molar-refractivity contribution in [3.63, 3.8) is 0 Å². The van der Waals surface area contributed by atoms with E-state index in [9.17, 15) is 13.6 Å². The third-order valence-electron chi connectivity index (χ3n) is 5.39. The fourth-order valence-corrected chi connectivity index (χ4v) is 4.02. The van der Waals surface area contributed by atoms with Crippen molar-refractivity contribution in [3.05, 3.63) is 35.7 Å². The number of rotatable bonds is 4. The molecule has 7 nitrogen and oxygen atoms in total. The Balaban J connectivity index is 1.49. The van der Waals surface area contributed by atoms with E-state index < -0.39 is 6.55 Å². The Kier molecular flexibility index (Phi) is 4.47. The number of hydrogen-bond donors (Lipinski definition) is 1. The van der Waals surface area contributed by atoms with E-state index in [0.29, 0.717) is 17.1 Å². The highest BCUT2D eigenvalue weighted by atomic mass is 19.3. The monoisotopic (exact) mass is 364 g/mol. The molecular formula is C17H22F2N6O. The van der Waals surface area contributed by atoms with Crippen LogP contribution in [0.2, 0.25) is 0 Å². The normalized spacial score (nSPS) is 23.6. The number of piperidine rings is 1. The van der Waals surface area contributed by atoms with Gasteiger partial charge in [-0.1, -0.05) is 0 Å². The fourth-order valence-electron chi connectivity index (χ4n) is 4.02. The summed E-state index contributed by atoms with van der Waals surface area (Å²) in [7, 11) is 0. The average Bonchev–Trinajstić information content (AvgIpc) is 3.16. The molecule has 3 aliphatic rings. The van der Waals surface area contributed by atoms with Crippen LogP contribution >= 0.6 is 0 Å². The number of amides is 1. The van der Waals surface area contributed by atoms with Crippen LogP contribution < -0.4 is 0 Å². The molecule has 2 bridgehead atoms. The number of fused-ring (bicyclic) bond motifs is 4. The number of nitrogens with one attached hydrogen (secondary N) is 1. The molecule has 0 unspecified atom stereocenters. The first-order chi connectivity index (χ1) is 12.5. The molecule has 2 atom stereocenters. The van der Waals surface area contributed by atoms with Crippen molar-refractivity contribution in [1.29, 1.82) is 0 Å². The lowest BCUT2D eigenvalue weighted by molar-refractivity contribution is 0.0517. The maximum atomic E-state index is 12.8. The van der Waals surface area contributed by atoms with Gasteiger partial charge < -0.3 is 9.88 Å². The number of alkyl halides is 2. The van der Waals surface area contributed by atoms with E-state index in [1.807, 2.05) is 11.8 Å². The van der Waals surface area contributed by atoms with E-state index in [1.165, 1.54) is 6.07 Å². The third-order valence-corrected chi connectivity index (χ3v) is 5.39. The molecule has 5 heterocycles. The van der Waals surface area contributed by atoms with Crippen LogP contribution in [-0.2, 0) is 6.54 Å². The maximum Gasteiger partial charge on any atom is 0.333 e. The van der Waals surface area contributed by atoms with E-state index >= 15 is 0 Å². The number of aromatic nitrogens is 4. The van der Waals surface area contributed by atoms with Crippen molar-refractivity contribution < 1.29 is 13.6 Å². The second kappa shape index (κ2) is 6.79. The van der Waals surface area contributed by atoms with Crippen LogP contribution in [0.1, 0.15) is 41.3 Å². The van der Waals surface area contributed by atoms with E-state index in [1.54, 1.807) is 6.33 Å². The minimum absolute atomic E-state index is 0.0807. The molecule has 0 aliphatic carbocycles. The summed E-state index contributed by atoms with van der Waals surface area (Å²) in [4.78, 5) is 24.5. The molecule has 2 aromatic rings.